The van der Waals surface area contributed by atoms with E-state index in [1.807, 2.05) is 30.3 Å². The number of nitrogens with two attached hydrogens (primary N) is 1. The van der Waals surface area contributed by atoms with Crippen LogP contribution in [0.1, 0.15) is 37.4 Å². The van der Waals surface area contributed by atoms with Gasteiger partial charge in [0.05, 0.1) is 12.5 Å². The lowest BCUT2D eigenvalue weighted by Gasteiger charge is -2.32. The van der Waals surface area contributed by atoms with E-state index in [0.29, 0.717) is 0 Å². The van der Waals surface area contributed by atoms with E-state index in [-0.39, 0.29) is 12.3 Å². The fourth-order valence-electron chi connectivity index (χ4n) is 2.37. The third kappa shape index (κ3) is 3.33. The van der Waals surface area contributed by atoms with Crippen LogP contribution >= 0.6 is 0 Å². The van der Waals surface area contributed by atoms with E-state index < -0.39 is 24.0 Å². The molecule has 22 heavy (non-hydrogen) atoms. The van der Waals surface area contributed by atoms with Crippen molar-refractivity contribution in [2.45, 2.75) is 32.4 Å². The maximum atomic E-state index is 12.0. The first-order chi connectivity index (χ1) is 10.4. The highest BCUT2D eigenvalue weighted by Crippen LogP contribution is 2.33. The molecule has 0 aromatic heterocycles. The molecule has 2 N–H and O–H groups in total. The summed E-state index contributed by atoms with van der Waals surface area (Å²) in [6, 6.07) is 7.06. The van der Waals surface area contributed by atoms with Crippen LogP contribution in [-0.4, -0.2) is 28.8 Å². The molecule has 1 aliphatic rings. The van der Waals surface area contributed by atoms with Gasteiger partial charge in [-0.1, -0.05) is 24.3 Å². The highest BCUT2D eigenvalue weighted by molar-refractivity contribution is 5.83. The van der Waals surface area contributed by atoms with Gasteiger partial charge >= 0.3 is 5.97 Å². The molecule has 6 nitrogen and oxygen atoms in total. The summed E-state index contributed by atoms with van der Waals surface area (Å²) in [6.45, 7) is 2.85. The van der Waals surface area contributed by atoms with E-state index in [0.717, 1.165) is 11.1 Å². The monoisotopic (exact) mass is 302 g/mol. The van der Waals surface area contributed by atoms with Crippen LogP contribution in [0.3, 0.4) is 0 Å². The van der Waals surface area contributed by atoms with Crippen molar-refractivity contribution in [2.75, 3.05) is 0 Å². The van der Waals surface area contributed by atoms with Gasteiger partial charge in [-0.3, -0.25) is 14.4 Å². The topological polar surface area (TPSA) is 89.7 Å². The van der Waals surface area contributed by atoms with E-state index in [1.54, 1.807) is 6.20 Å². The molecular formula is C16H18N2O4. The number of primary amides is 1. The third-order valence-corrected chi connectivity index (χ3v) is 3.54. The Hall–Kier alpha value is -2.63. The van der Waals surface area contributed by atoms with E-state index in [2.05, 4.69) is 0 Å². The molecule has 2 rings (SSSR count). The Kier molecular flexibility index (Phi) is 4.60. The molecule has 0 radical (unpaired) electrons. The standard InChI is InChI=1S/C16H18N2O4/c1-10(16(17)21)22-15(20)9-14-13-6-4-3-5-12(13)7-8-18(14)11(2)19/h3-8,10,14H,9H2,1-2H3,(H2,17,21)/t10-,14+/m0/s1. The first kappa shape index (κ1) is 15.8. The summed E-state index contributed by atoms with van der Waals surface area (Å²) >= 11 is 0. The summed E-state index contributed by atoms with van der Waals surface area (Å²) in [5.41, 5.74) is 6.89. The normalized spacial score (nSPS) is 17.5. The quantitative estimate of drug-likeness (QED) is 0.851. The van der Waals surface area contributed by atoms with Gasteiger partial charge in [0.1, 0.15) is 0 Å². The summed E-state index contributed by atoms with van der Waals surface area (Å²) in [6.07, 6.45) is 2.44. The van der Waals surface area contributed by atoms with Crippen molar-refractivity contribution < 1.29 is 19.1 Å². The lowest BCUT2D eigenvalue weighted by molar-refractivity contribution is -0.155. The van der Waals surface area contributed by atoms with Crippen LogP contribution in [0.5, 0.6) is 0 Å². The van der Waals surface area contributed by atoms with Gasteiger partial charge in [0, 0.05) is 13.1 Å². The Morgan fingerprint density at radius 3 is 2.64 bits per heavy atom. The second kappa shape index (κ2) is 6.43. The van der Waals surface area contributed by atoms with Gasteiger partial charge in [-0.05, 0) is 24.1 Å². The van der Waals surface area contributed by atoms with Crippen LogP contribution in [0.2, 0.25) is 0 Å². The van der Waals surface area contributed by atoms with E-state index >= 15 is 0 Å². The minimum atomic E-state index is -0.993. The Bertz CT molecular complexity index is 639. The first-order valence-electron chi connectivity index (χ1n) is 6.95. The number of rotatable bonds is 4. The number of nitrogens with zero attached hydrogens (tertiary/aromatic N) is 1. The van der Waals surface area contributed by atoms with E-state index in [1.165, 1.54) is 18.7 Å². The number of amides is 2. The van der Waals surface area contributed by atoms with Gasteiger partial charge in [0.2, 0.25) is 5.91 Å². The van der Waals surface area contributed by atoms with Gasteiger partial charge in [-0.15, -0.1) is 0 Å². The van der Waals surface area contributed by atoms with Crippen molar-refractivity contribution in [3.8, 4) is 0 Å². The average Bonchev–Trinajstić information content (AvgIpc) is 2.46. The zero-order chi connectivity index (χ0) is 16.3. The summed E-state index contributed by atoms with van der Waals surface area (Å²) < 4.78 is 4.98. The van der Waals surface area contributed by atoms with Gasteiger partial charge in [-0.2, -0.15) is 0 Å². The maximum Gasteiger partial charge on any atom is 0.309 e. The smallest absolute Gasteiger partial charge is 0.309 e. The van der Waals surface area contributed by atoms with Crippen molar-refractivity contribution in [3.63, 3.8) is 0 Å². The number of hydrogen-bond donors (Lipinski definition) is 1. The third-order valence-electron chi connectivity index (χ3n) is 3.54. The van der Waals surface area contributed by atoms with E-state index in [9.17, 15) is 14.4 Å². The number of carbonyl (C=O) groups is 3. The van der Waals surface area contributed by atoms with Crippen molar-refractivity contribution in [2.24, 2.45) is 5.73 Å². The number of esters is 1. The predicted octanol–water partition coefficient (Wildman–Crippen LogP) is 1.37. The van der Waals surface area contributed by atoms with Crippen LogP contribution in [0.15, 0.2) is 30.5 Å². The minimum Gasteiger partial charge on any atom is -0.452 e. The van der Waals surface area contributed by atoms with Crippen molar-refractivity contribution in [1.29, 1.82) is 0 Å². The Morgan fingerprint density at radius 2 is 2.00 bits per heavy atom. The zero-order valence-corrected chi connectivity index (χ0v) is 12.5. The molecular weight excluding hydrogens is 284 g/mol. The molecule has 0 bridgehead atoms. The highest BCUT2D eigenvalue weighted by Gasteiger charge is 2.29. The molecule has 0 saturated heterocycles. The molecule has 0 spiro atoms. The first-order valence-corrected chi connectivity index (χ1v) is 6.95. The number of fused-ring (bicyclic) bond motifs is 1. The zero-order valence-electron chi connectivity index (χ0n) is 12.5. The van der Waals surface area contributed by atoms with Gasteiger partial charge in [0.25, 0.3) is 5.91 Å². The number of benzene rings is 1. The Morgan fingerprint density at radius 1 is 1.32 bits per heavy atom. The fraction of sp³-hybridized carbons (Fsp3) is 0.312. The maximum absolute atomic E-state index is 12.0. The highest BCUT2D eigenvalue weighted by atomic mass is 16.5. The molecule has 0 fully saturated rings. The average molecular weight is 302 g/mol. The fourth-order valence-corrected chi connectivity index (χ4v) is 2.37. The van der Waals surface area contributed by atoms with Gasteiger partial charge in [-0.25, -0.2) is 0 Å². The summed E-state index contributed by atoms with van der Waals surface area (Å²) in [5, 5.41) is 0. The SMILES string of the molecule is CC(=O)N1C=Cc2ccccc2[C@H]1CC(=O)O[C@@H](C)C(N)=O. The molecule has 6 heteroatoms. The molecule has 116 valence electrons. The lowest BCUT2D eigenvalue weighted by Crippen LogP contribution is -2.35. The summed E-state index contributed by atoms with van der Waals surface area (Å²) in [7, 11) is 0. The molecule has 1 aliphatic heterocycles. The number of ether oxygens (including phenoxy) is 1. The summed E-state index contributed by atoms with van der Waals surface area (Å²) in [5.74, 6) is -1.46. The van der Waals surface area contributed by atoms with Crippen molar-refractivity contribution in [1.82, 2.24) is 4.90 Å². The Balaban J connectivity index is 2.22. The van der Waals surface area contributed by atoms with Crippen molar-refractivity contribution >= 4 is 23.9 Å². The largest absolute Gasteiger partial charge is 0.452 e. The molecule has 1 aromatic rings. The van der Waals surface area contributed by atoms with Crippen LogP contribution in [0.25, 0.3) is 6.08 Å². The van der Waals surface area contributed by atoms with Crippen LogP contribution in [0.4, 0.5) is 0 Å². The van der Waals surface area contributed by atoms with Crippen LogP contribution in [0, 0.1) is 0 Å². The minimum absolute atomic E-state index is 0.0431. The predicted molar refractivity (Wildman–Crippen MR) is 80.1 cm³/mol. The van der Waals surface area contributed by atoms with Gasteiger partial charge < -0.3 is 15.4 Å². The molecule has 1 heterocycles. The van der Waals surface area contributed by atoms with Gasteiger partial charge in [0.15, 0.2) is 6.10 Å². The second-order valence-corrected chi connectivity index (χ2v) is 5.13. The lowest BCUT2D eigenvalue weighted by atomic mass is 9.94. The number of hydrogen-bond acceptors (Lipinski definition) is 4. The molecule has 0 unspecified atom stereocenters. The number of carbonyl (C=O) groups excluding carboxylic acids is 3. The summed E-state index contributed by atoms with van der Waals surface area (Å²) in [4.78, 5) is 36.2. The molecule has 0 saturated carbocycles. The van der Waals surface area contributed by atoms with E-state index in [4.69, 9.17) is 10.5 Å². The molecule has 2 amide bonds. The second-order valence-electron chi connectivity index (χ2n) is 5.13. The molecule has 2 atom stereocenters. The molecule has 1 aromatic carbocycles. The van der Waals surface area contributed by atoms with Crippen molar-refractivity contribution in [3.05, 3.63) is 41.6 Å². The van der Waals surface area contributed by atoms with Crippen LogP contribution in [-0.2, 0) is 19.1 Å². The molecule has 0 aliphatic carbocycles. The Labute approximate surface area is 128 Å². The van der Waals surface area contributed by atoms with Crippen LogP contribution < -0.4 is 5.73 Å².